The first kappa shape index (κ1) is 14.5. The molecule has 0 bridgehead atoms. The highest BCUT2D eigenvalue weighted by molar-refractivity contribution is 7.85. The van der Waals surface area contributed by atoms with Crippen molar-refractivity contribution in [3.8, 4) is 0 Å². The largest absolute Gasteiger partial charge is 0.481 e. The van der Waals surface area contributed by atoms with Gasteiger partial charge in [0, 0.05) is 28.4 Å². The van der Waals surface area contributed by atoms with Crippen molar-refractivity contribution in [1.82, 2.24) is 0 Å². The Balaban J connectivity index is 1.58. The Labute approximate surface area is 122 Å². The maximum absolute atomic E-state index is 12.6. The molecule has 0 aromatic rings. The van der Waals surface area contributed by atoms with Gasteiger partial charge in [0.2, 0.25) is 0 Å². The predicted molar refractivity (Wildman–Crippen MR) is 77.1 cm³/mol. The molecule has 0 aromatic carbocycles. The van der Waals surface area contributed by atoms with E-state index in [1.54, 1.807) is 0 Å². The lowest BCUT2D eigenvalue weighted by molar-refractivity contribution is -0.138. The van der Waals surface area contributed by atoms with Crippen LogP contribution in [0.2, 0.25) is 0 Å². The lowest BCUT2D eigenvalue weighted by Crippen LogP contribution is -2.42. The quantitative estimate of drug-likeness (QED) is 0.847. The number of carbonyl (C=O) groups is 1. The monoisotopic (exact) mass is 300 g/mol. The number of rotatable bonds is 5. The maximum atomic E-state index is 12.6. The Morgan fingerprint density at radius 3 is 2.55 bits per heavy atom. The molecule has 1 aliphatic heterocycles. The lowest BCUT2D eigenvalue weighted by Gasteiger charge is -2.38. The van der Waals surface area contributed by atoms with Crippen LogP contribution < -0.4 is 0 Å². The van der Waals surface area contributed by atoms with Gasteiger partial charge in [-0.15, -0.1) is 0 Å². The molecular weight excluding hydrogens is 276 g/mol. The van der Waals surface area contributed by atoms with Crippen molar-refractivity contribution in [1.29, 1.82) is 0 Å². The van der Waals surface area contributed by atoms with Crippen molar-refractivity contribution < 1.29 is 18.8 Å². The standard InChI is InChI=1S/C15H24O4S/c16-13(17)10-14(6-7-14)11-20(18)12-3-8-19-15(9-12)4-1-2-5-15/h12H,1-11H2,(H,16,17). The minimum atomic E-state index is -0.895. The number of carboxylic acid groups (broad SMARTS) is 1. The zero-order valence-corrected chi connectivity index (χ0v) is 12.8. The molecule has 114 valence electrons. The Kier molecular flexibility index (Phi) is 3.93. The molecule has 3 fully saturated rings. The molecule has 1 spiro atoms. The van der Waals surface area contributed by atoms with Gasteiger partial charge in [0.05, 0.1) is 12.0 Å². The Hall–Kier alpha value is -0.420. The van der Waals surface area contributed by atoms with Crippen molar-refractivity contribution in [2.45, 2.75) is 68.6 Å². The molecule has 1 saturated heterocycles. The minimum Gasteiger partial charge on any atom is -0.481 e. The molecule has 2 atom stereocenters. The number of aliphatic carboxylic acids is 1. The van der Waals surface area contributed by atoms with Crippen LogP contribution in [0.4, 0.5) is 0 Å². The third-order valence-corrected chi connectivity index (χ3v) is 7.31. The Morgan fingerprint density at radius 1 is 1.25 bits per heavy atom. The van der Waals surface area contributed by atoms with Crippen molar-refractivity contribution >= 4 is 16.8 Å². The van der Waals surface area contributed by atoms with Crippen molar-refractivity contribution in [3.05, 3.63) is 0 Å². The zero-order valence-electron chi connectivity index (χ0n) is 11.9. The van der Waals surface area contributed by atoms with Gasteiger partial charge in [-0.1, -0.05) is 12.8 Å². The highest BCUT2D eigenvalue weighted by Crippen LogP contribution is 2.50. The van der Waals surface area contributed by atoms with Gasteiger partial charge in [0.25, 0.3) is 0 Å². The van der Waals surface area contributed by atoms with E-state index in [4.69, 9.17) is 9.84 Å². The molecule has 5 heteroatoms. The van der Waals surface area contributed by atoms with Crippen LogP contribution >= 0.6 is 0 Å². The van der Waals surface area contributed by atoms with Gasteiger partial charge in [-0.2, -0.15) is 0 Å². The van der Waals surface area contributed by atoms with Crippen LogP contribution in [0.1, 0.15) is 57.8 Å². The minimum absolute atomic E-state index is 0.00207. The summed E-state index contributed by atoms with van der Waals surface area (Å²) in [7, 11) is -0.895. The molecule has 1 heterocycles. The smallest absolute Gasteiger partial charge is 0.303 e. The summed E-state index contributed by atoms with van der Waals surface area (Å²) in [4.78, 5) is 10.9. The average Bonchev–Trinajstić information content (AvgIpc) is 2.98. The SMILES string of the molecule is O=C(O)CC1(CS(=O)C2CCOC3(CCCC3)C2)CC1. The second-order valence-electron chi connectivity index (χ2n) is 6.95. The van der Waals surface area contributed by atoms with E-state index >= 15 is 0 Å². The van der Waals surface area contributed by atoms with E-state index in [0.29, 0.717) is 5.75 Å². The second-order valence-corrected chi connectivity index (χ2v) is 8.67. The first-order valence-corrected chi connectivity index (χ1v) is 9.14. The molecule has 0 aromatic heterocycles. The van der Waals surface area contributed by atoms with E-state index < -0.39 is 16.8 Å². The number of carboxylic acids is 1. The third kappa shape index (κ3) is 3.08. The van der Waals surface area contributed by atoms with E-state index in [2.05, 4.69) is 0 Å². The van der Waals surface area contributed by atoms with Gasteiger partial charge in [0.15, 0.2) is 0 Å². The Bertz CT molecular complexity index is 410. The summed E-state index contributed by atoms with van der Waals surface area (Å²) >= 11 is 0. The summed E-state index contributed by atoms with van der Waals surface area (Å²) in [6, 6.07) is 0. The van der Waals surface area contributed by atoms with Crippen LogP contribution in [0.15, 0.2) is 0 Å². The molecule has 0 radical (unpaired) electrons. The van der Waals surface area contributed by atoms with Crippen LogP contribution in [-0.2, 0) is 20.3 Å². The first-order valence-electron chi connectivity index (χ1n) is 7.76. The fourth-order valence-electron chi connectivity index (χ4n) is 3.86. The van der Waals surface area contributed by atoms with E-state index in [0.717, 1.165) is 45.1 Å². The van der Waals surface area contributed by atoms with E-state index in [1.165, 1.54) is 12.8 Å². The molecule has 1 N–H and O–H groups in total. The van der Waals surface area contributed by atoms with Crippen LogP contribution in [0.25, 0.3) is 0 Å². The molecule has 2 aliphatic carbocycles. The topological polar surface area (TPSA) is 63.6 Å². The van der Waals surface area contributed by atoms with Crippen LogP contribution in [0.3, 0.4) is 0 Å². The van der Waals surface area contributed by atoms with Crippen LogP contribution in [-0.4, -0.2) is 38.5 Å². The number of ether oxygens (including phenoxy) is 1. The highest BCUT2D eigenvalue weighted by Gasteiger charge is 2.48. The van der Waals surface area contributed by atoms with Crippen LogP contribution in [0.5, 0.6) is 0 Å². The molecular formula is C15H24O4S. The second kappa shape index (κ2) is 5.41. The van der Waals surface area contributed by atoms with Gasteiger partial charge in [0.1, 0.15) is 0 Å². The van der Waals surface area contributed by atoms with Crippen LogP contribution in [0, 0.1) is 5.41 Å². The predicted octanol–water partition coefficient (Wildman–Crippen LogP) is 2.48. The third-order valence-electron chi connectivity index (χ3n) is 5.27. The molecule has 20 heavy (non-hydrogen) atoms. The zero-order chi connectivity index (χ0) is 14.2. The summed E-state index contributed by atoms with van der Waals surface area (Å²) in [6.07, 6.45) is 8.51. The fourth-order valence-corrected chi connectivity index (χ4v) is 5.94. The fraction of sp³-hybridized carbons (Fsp3) is 0.933. The number of hydrogen-bond acceptors (Lipinski definition) is 3. The van der Waals surface area contributed by atoms with E-state index in [-0.39, 0.29) is 22.7 Å². The first-order chi connectivity index (χ1) is 9.53. The maximum Gasteiger partial charge on any atom is 0.303 e. The Morgan fingerprint density at radius 2 is 1.95 bits per heavy atom. The molecule has 3 aliphatic rings. The van der Waals surface area contributed by atoms with Gasteiger partial charge < -0.3 is 9.84 Å². The normalized spacial score (nSPS) is 32.1. The highest BCUT2D eigenvalue weighted by atomic mass is 32.2. The summed E-state index contributed by atoms with van der Waals surface area (Å²) in [5.74, 6) is -0.168. The van der Waals surface area contributed by atoms with Crippen molar-refractivity contribution in [3.63, 3.8) is 0 Å². The van der Waals surface area contributed by atoms with Gasteiger partial charge >= 0.3 is 5.97 Å². The van der Waals surface area contributed by atoms with Gasteiger partial charge in [-0.3, -0.25) is 9.00 Å². The van der Waals surface area contributed by atoms with Crippen molar-refractivity contribution in [2.75, 3.05) is 12.4 Å². The van der Waals surface area contributed by atoms with E-state index in [9.17, 15) is 9.00 Å². The van der Waals surface area contributed by atoms with E-state index in [1.807, 2.05) is 0 Å². The molecule has 3 rings (SSSR count). The molecule has 4 nitrogen and oxygen atoms in total. The number of hydrogen-bond donors (Lipinski definition) is 1. The summed E-state index contributed by atoms with van der Waals surface area (Å²) in [5.41, 5.74) is -0.153. The lowest BCUT2D eigenvalue weighted by atomic mass is 9.92. The average molecular weight is 300 g/mol. The van der Waals surface area contributed by atoms with Gasteiger partial charge in [-0.25, -0.2) is 0 Å². The van der Waals surface area contributed by atoms with Crippen molar-refractivity contribution in [2.24, 2.45) is 5.41 Å². The summed E-state index contributed by atoms with van der Waals surface area (Å²) in [5, 5.41) is 9.18. The summed E-state index contributed by atoms with van der Waals surface area (Å²) in [6.45, 7) is 0.725. The molecule has 2 saturated carbocycles. The summed E-state index contributed by atoms with van der Waals surface area (Å²) < 4.78 is 18.6. The molecule has 2 unspecified atom stereocenters. The van der Waals surface area contributed by atoms with Gasteiger partial charge in [-0.05, 0) is 43.9 Å². The molecule has 0 amide bonds.